The molecule has 246 valence electrons. The van der Waals surface area contributed by atoms with Crippen molar-refractivity contribution in [3.63, 3.8) is 0 Å². The van der Waals surface area contributed by atoms with Gasteiger partial charge >= 0.3 is 0 Å². The van der Waals surface area contributed by atoms with Crippen molar-refractivity contribution in [2.24, 2.45) is 0 Å². The maximum absolute atomic E-state index is 14.4. The molecule has 1 saturated heterocycles. The summed E-state index contributed by atoms with van der Waals surface area (Å²) in [6.07, 6.45) is 3.33. The van der Waals surface area contributed by atoms with E-state index >= 15 is 0 Å². The number of likely N-dealkylation sites (N-methyl/N-ethyl adjacent to an activating group) is 1. The highest BCUT2D eigenvalue weighted by atomic mass is 16.7. The lowest BCUT2D eigenvalue weighted by atomic mass is 9.83. The zero-order valence-corrected chi connectivity index (χ0v) is 27.8. The third kappa shape index (κ3) is 7.90. The van der Waals surface area contributed by atoms with Gasteiger partial charge in [0.05, 0.1) is 0 Å². The molecule has 0 saturated carbocycles. The van der Waals surface area contributed by atoms with E-state index in [1.165, 1.54) is 12.8 Å². The molecule has 0 bridgehead atoms. The van der Waals surface area contributed by atoms with Crippen molar-refractivity contribution in [3.05, 3.63) is 95.2 Å². The molecule has 1 fully saturated rings. The monoisotopic (exact) mass is 628 g/mol. The van der Waals surface area contributed by atoms with Gasteiger partial charge in [0.25, 0.3) is 5.91 Å². The highest BCUT2D eigenvalue weighted by Crippen LogP contribution is 2.41. The molecule has 0 aliphatic carbocycles. The summed E-state index contributed by atoms with van der Waals surface area (Å²) < 4.78 is 23.9. The molecule has 1 amide bonds. The number of benzene rings is 3. The molecule has 1 aliphatic rings. The highest BCUT2D eigenvalue weighted by molar-refractivity contribution is 6.03. The minimum absolute atomic E-state index is 0.0456. The van der Waals surface area contributed by atoms with Crippen LogP contribution in [0.5, 0.6) is 11.5 Å². The Kier molecular flexibility index (Phi) is 11.7. The van der Waals surface area contributed by atoms with Crippen molar-refractivity contribution in [2.45, 2.75) is 37.8 Å². The van der Waals surface area contributed by atoms with Crippen LogP contribution < -0.4 is 14.8 Å². The Bertz CT molecular complexity index is 1500. The zero-order chi connectivity index (χ0) is 32.5. The van der Waals surface area contributed by atoms with Gasteiger partial charge in [-0.1, -0.05) is 42.5 Å². The maximum Gasteiger partial charge on any atom is 0.268 e. The van der Waals surface area contributed by atoms with Crippen LogP contribution in [0.15, 0.2) is 72.8 Å². The second-order valence-electron chi connectivity index (χ2n) is 12.2. The summed E-state index contributed by atoms with van der Waals surface area (Å²) in [5.41, 5.74) is 4.83. The second kappa shape index (κ2) is 16.1. The lowest BCUT2D eigenvalue weighted by Gasteiger charge is -2.23. The molecule has 1 aliphatic heterocycles. The van der Waals surface area contributed by atoms with Crippen LogP contribution in [0.3, 0.4) is 0 Å². The van der Waals surface area contributed by atoms with E-state index in [9.17, 15) is 4.79 Å². The Morgan fingerprint density at radius 3 is 2.07 bits per heavy atom. The predicted octanol–water partition coefficient (Wildman–Crippen LogP) is 5.56. The number of fused-ring (bicyclic) bond motifs is 1. The standard InChI is InChI=1S/C37H48N4O5/c1-39(2)23-24-41-33-11-7-6-10-32(33)35(36(41)37(42)38-21-20-29-9-8-22-40(29)3)34(27-12-16-30(17-13-27)45-25-43-4)28-14-18-31(19-15-28)46-26-44-5/h6-7,10-19,29,34H,8-9,20-26H2,1-5H3,(H,38,42). The van der Waals surface area contributed by atoms with Gasteiger partial charge in [-0.25, -0.2) is 0 Å². The number of ether oxygens (including phenoxy) is 4. The lowest BCUT2D eigenvalue weighted by molar-refractivity contribution is 0.0509. The molecule has 1 atom stereocenters. The number of nitrogens with one attached hydrogen (secondary N) is 1. The third-order valence-corrected chi connectivity index (χ3v) is 8.83. The van der Waals surface area contributed by atoms with E-state index in [-0.39, 0.29) is 25.4 Å². The summed E-state index contributed by atoms with van der Waals surface area (Å²) in [5.74, 6) is 1.16. The first kappa shape index (κ1) is 33.5. The normalized spacial score (nSPS) is 15.2. The van der Waals surface area contributed by atoms with E-state index in [1.54, 1.807) is 14.2 Å². The summed E-state index contributed by atoms with van der Waals surface area (Å²) in [7, 11) is 9.52. The minimum Gasteiger partial charge on any atom is -0.468 e. The molecule has 2 heterocycles. The molecule has 5 rings (SSSR count). The van der Waals surface area contributed by atoms with Gasteiger partial charge in [-0.05, 0) is 88.4 Å². The first-order chi connectivity index (χ1) is 22.4. The fraction of sp³-hybridized carbons (Fsp3) is 0.432. The average molecular weight is 629 g/mol. The number of hydrogen-bond donors (Lipinski definition) is 1. The van der Waals surface area contributed by atoms with Crippen molar-refractivity contribution in [1.82, 2.24) is 19.7 Å². The molecular formula is C37H48N4O5. The molecule has 1 N–H and O–H groups in total. The van der Waals surface area contributed by atoms with E-state index in [0.29, 0.717) is 24.8 Å². The van der Waals surface area contributed by atoms with Crippen LogP contribution in [0.2, 0.25) is 0 Å². The Morgan fingerprint density at radius 2 is 1.52 bits per heavy atom. The SMILES string of the molecule is COCOc1ccc(C(c2ccc(OCOC)cc2)c2c(C(=O)NCCC3CCCN3C)n(CCN(C)C)c3ccccc23)cc1. The van der Waals surface area contributed by atoms with Crippen molar-refractivity contribution in [2.75, 3.05) is 68.6 Å². The van der Waals surface area contributed by atoms with Crippen LogP contribution in [-0.4, -0.2) is 94.9 Å². The number of amides is 1. The van der Waals surface area contributed by atoms with Gasteiger partial charge in [0.15, 0.2) is 13.6 Å². The van der Waals surface area contributed by atoms with Crippen molar-refractivity contribution < 1.29 is 23.7 Å². The van der Waals surface area contributed by atoms with Crippen LogP contribution in [0.4, 0.5) is 0 Å². The third-order valence-electron chi connectivity index (χ3n) is 8.83. The highest BCUT2D eigenvalue weighted by Gasteiger charge is 2.31. The first-order valence-corrected chi connectivity index (χ1v) is 16.1. The van der Waals surface area contributed by atoms with Crippen LogP contribution >= 0.6 is 0 Å². The Balaban J connectivity index is 1.63. The van der Waals surface area contributed by atoms with Gasteiger partial charge in [-0.2, -0.15) is 0 Å². The number of carbonyl (C=O) groups is 1. The number of rotatable bonds is 16. The largest absolute Gasteiger partial charge is 0.468 e. The number of carbonyl (C=O) groups excluding carboxylic acids is 1. The van der Waals surface area contributed by atoms with E-state index < -0.39 is 0 Å². The smallest absolute Gasteiger partial charge is 0.268 e. The van der Waals surface area contributed by atoms with Gasteiger partial charge < -0.3 is 38.6 Å². The fourth-order valence-corrected chi connectivity index (χ4v) is 6.47. The van der Waals surface area contributed by atoms with Gasteiger partial charge in [0.1, 0.15) is 17.2 Å². The number of nitrogens with zero attached hydrogens (tertiary/aromatic N) is 3. The molecule has 9 heteroatoms. The molecule has 46 heavy (non-hydrogen) atoms. The number of aromatic nitrogens is 1. The molecule has 3 aromatic carbocycles. The molecule has 9 nitrogen and oxygen atoms in total. The summed E-state index contributed by atoms with van der Waals surface area (Å²) >= 11 is 0. The first-order valence-electron chi connectivity index (χ1n) is 16.1. The summed E-state index contributed by atoms with van der Waals surface area (Å²) in [6.45, 7) is 3.57. The molecule has 0 spiro atoms. The Hall–Kier alpha value is -3.89. The molecular weight excluding hydrogens is 580 g/mol. The van der Waals surface area contributed by atoms with Gasteiger partial charge in [0.2, 0.25) is 0 Å². The molecule has 1 unspecified atom stereocenters. The predicted molar refractivity (Wildman–Crippen MR) is 182 cm³/mol. The lowest BCUT2D eigenvalue weighted by Crippen LogP contribution is -2.33. The van der Waals surface area contributed by atoms with E-state index in [2.05, 4.69) is 89.4 Å². The number of methoxy groups -OCH3 is 2. The quantitative estimate of drug-likeness (QED) is 0.163. The fourth-order valence-electron chi connectivity index (χ4n) is 6.47. The molecule has 1 aromatic heterocycles. The van der Waals surface area contributed by atoms with Crippen molar-refractivity contribution in [1.29, 1.82) is 0 Å². The van der Waals surface area contributed by atoms with Crippen molar-refractivity contribution in [3.8, 4) is 11.5 Å². The van der Waals surface area contributed by atoms with Gasteiger partial charge in [-0.3, -0.25) is 4.79 Å². The summed E-state index contributed by atoms with van der Waals surface area (Å²) in [5, 5.41) is 4.39. The van der Waals surface area contributed by atoms with Crippen LogP contribution in [0.1, 0.15) is 52.4 Å². The van der Waals surface area contributed by atoms with Crippen molar-refractivity contribution >= 4 is 16.8 Å². The van der Waals surface area contributed by atoms with Gasteiger partial charge in [0, 0.05) is 62.3 Å². The minimum atomic E-state index is -0.236. The molecule has 0 radical (unpaired) electrons. The number of likely N-dealkylation sites (tertiary alicyclic amines) is 1. The van der Waals surface area contributed by atoms with Crippen LogP contribution in [-0.2, 0) is 16.0 Å². The van der Waals surface area contributed by atoms with E-state index in [1.807, 2.05) is 24.3 Å². The zero-order valence-electron chi connectivity index (χ0n) is 27.8. The van der Waals surface area contributed by atoms with Gasteiger partial charge in [-0.15, -0.1) is 0 Å². The molecule has 4 aromatic rings. The number of hydrogen-bond acceptors (Lipinski definition) is 7. The van der Waals surface area contributed by atoms with E-state index in [4.69, 9.17) is 18.9 Å². The second-order valence-corrected chi connectivity index (χ2v) is 12.2. The number of para-hydroxylation sites is 1. The Labute approximate surface area is 273 Å². The topological polar surface area (TPSA) is 77.4 Å². The Morgan fingerprint density at radius 1 is 0.913 bits per heavy atom. The summed E-state index contributed by atoms with van der Waals surface area (Å²) in [6, 6.07) is 25.0. The van der Waals surface area contributed by atoms with E-state index in [0.717, 1.165) is 58.6 Å². The average Bonchev–Trinajstić information content (AvgIpc) is 3.63. The van der Waals surface area contributed by atoms with Crippen LogP contribution in [0, 0.1) is 0 Å². The summed E-state index contributed by atoms with van der Waals surface area (Å²) in [4.78, 5) is 19.0. The maximum atomic E-state index is 14.4. The van der Waals surface area contributed by atoms with Crippen LogP contribution in [0.25, 0.3) is 10.9 Å².